The molecule has 0 unspecified atom stereocenters. The summed E-state index contributed by atoms with van der Waals surface area (Å²) >= 11 is 3.37. The summed E-state index contributed by atoms with van der Waals surface area (Å²) in [5.74, 6) is 0.814. The maximum absolute atomic E-state index is 8.56. The summed E-state index contributed by atoms with van der Waals surface area (Å²) in [7, 11) is 0. The average molecular weight is 224 g/mol. The third-order valence-electron chi connectivity index (χ3n) is 1.84. The maximum atomic E-state index is 8.56. The fourth-order valence-corrected chi connectivity index (χ4v) is 1.59. The molecule has 0 aromatic carbocycles. The van der Waals surface area contributed by atoms with Gasteiger partial charge in [-0.2, -0.15) is 5.26 Å². The lowest BCUT2D eigenvalue weighted by Gasteiger charge is -1.99. The van der Waals surface area contributed by atoms with E-state index in [0.717, 1.165) is 10.2 Å². The minimum atomic E-state index is 0.264. The monoisotopic (exact) mass is 223 g/mol. The van der Waals surface area contributed by atoms with Gasteiger partial charge in [-0.3, -0.25) is 0 Å². The highest BCUT2D eigenvalue weighted by atomic mass is 79.9. The van der Waals surface area contributed by atoms with Crippen LogP contribution in [0.2, 0.25) is 0 Å². The van der Waals surface area contributed by atoms with Crippen LogP contribution in [0.3, 0.4) is 0 Å². The highest BCUT2D eigenvalue weighted by Gasteiger charge is 2.27. The van der Waals surface area contributed by atoms with Gasteiger partial charge in [0.1, 0.15) is 6.07 Å². The van der Waals surface area contributed by atoms with E-state index in [-0.39, 0.29) is 5.82 Å². The molecule has 1 aromatic rings. The molecule has 0 saturated heterocycles. The Balaban J connectivity index is 2.44. The van der Waals surface area contributed by atoms with Crippen molar-refractivity contribution in [1.29, 1.82) is 5.26 Å². The molecule has 1 aromatic heterocycles. The molecule has 3 nitrogen and oxygen atoms in total. The summed E-state index contributed by atoms with van der Waals surface area (Å²) in [5, 5.41) is 8.56. The SMILES string of the molecule is N#Cc1ncc(Br)c(C2CC2)n1. The van der Waals surface area contributed by atoms with E-state index in [1.54, 1.807) is 6.20 Å². The topological polar surface area (TPSA) is 49.6 Å². The largest absolute Gasteiger partial charge is 0.232 e. The summed E-state index contributed by atoms with van der Waals surface area (Å²) in [6, 6.07) is 1.93. The van der Waals surface area contributed by atoms with Gasteiger partial charge >= 0.3 is 0 Å². The Hall–Kier alpha value is -0.950. The molecule has 1 aliphatic carbocycles. The van der Waals surface area contributed by atoms with Gasteiger partial charge in [-0.1, -0.05) is 0 Å². The number of nitrogens with zero attached hydrogens (tertiary/aromatic N) is 3. The molecule has 0 atom stereocenters. The summed E-state index contributed by atoms with van der Waals surface area (Å²) in [6.45, 7) is 0. The van der Waals surface area contributed by atoms with Crippen LogP contribution < -0.4 is 0 Å². The van der Waals surface area contributed by atoms with Gasteiger partial charge in [-0.15, -0.1) is 0 Å². The molecule has 12 heavy (non-hydrogen) atoms. The maximum Gasteiger partial charge on any atom is 0.232 e. The van der Waals surface area contributed by atoms with Crippen molar-refractivity contribution in [2.24, 2.45) is 0 Å². The van der Waals surface area contributed by atoms with Gasteiger partial charge in [0.25, 0.3) is 0 Å². The molecule has 60 valence electrons. The molecule has 1 fully saturated rings. The second kappa shape index (κ2) is 2.83. The molecule has 0 spiro atoms. The third kappa shape index (κ3) is 1.32. The van der Waals surface area contributed by atoms with Crippen LogP contribution in [0.25, 0.3) is 0 Å². The van der Waals surface area contributed by atoms with Crippen LogP contribution in [0.15, 0.2) is 10.7 Å². The van der Waals surface area contributed by atoms with Crippen molar-refractivity contribution in [3.63, 3.8) is 0 Å². The average Bonchev–Trinajstić information content (AvgIpc) is 2.88. The molecule has 0 amide bonds. The zero-order chi connectivity index (χ0) is 8.55. The lowest BCUT2D eigenvalue weighted by atomic mass is 10.3. The van der Waals surface area contributed by atoms with Crippen LogP contribution >= 0.6 is 15.9 Å². The lowest BCUT2D eigenvalue weighted by Crippen LogP contribution is -1.94. The Morgan fingerprint density at radius 1 is 1.58 bits per heavy atom. The molecule has 0 aliphatic heterocycles. The van der Waals surface area contributed by atoms with Crippen LogP contribution in [-0.4, -0.2) is 9.97 Å². The van der Waals surface area contributed by atoms with Crippen LogP contribution in [-0.2, 0) is 0 Å². The molecule has 1 heterocycles. The van der Waals surface area contributed by atoms with Crippen molar-refractivity contribution in [3.05, 3.63) is 22.2 Å². The Kier molecular flexibility index (Phi) is 1.81. The molecular weight excluding hydrogens is 218 g/mol. The smallest absolute Gasteiger partial charge is 0.226 e. The van der Waals surface area contributed by atoms with Crippen molar-refractivity contribution >= 4 is 15.9 Å². The van der Waals surface area contributed by atoms with Crippen molar-refractivity contribution in [2.75, 3.05) is 0 Å². The van der Waals surface area contributed by atoms with E-state index in [1.807, 2.05) is 6.07 Å². The Morgan fingerprint density at radius 2 is 2.33 bits per heavy atom. The summed E-state index contributed by atoms with van der Waals surface area (Å²) in [4.78, 5) is 7.98. The number of rotatable bonds is 1. The molecular formula is C8H6BrN3. The number of nitriles is 1. The molecule has 1 saturated carbocycles. The molecule has 0 radical (unpaired) electrons. The first-order valence-corrected chi connectivity index (χ1v) is 4.53. The lowest BCUT2D eigenvalue weighted by molar-refractivity contribution is 0.954. The minimum absolute atomic E-state index is 0.264. The molecule has 1 aliphatic rings. The Labute approximate surface area is 78.6 Å². The Bertz CT molecular complexity index is 352. The van der Waals surface area contributed by atoms with Crippen molar-refractivity contribution < 1.29 is 0 Å². The summed E-state index contributed by atoms with van der Waals surface area (Å²) < 4.78 is 0.920. The van der Waals surface area contributed by atoms with E-state index in [4.69, 9.17) is 5.26 Å². The van der Waals surface area contributed by atoms with Crippen molar-refractivity contribution in [1.82, 2.24) is 9.97 Å². The number of hydrogen-bond donors (Lipinski definition) is 0. The predicted octanol–water partition coefficient (Wildman–Crippen LogP) is 1.99. The first-order chi connectivity index (χ1) is 5.81. The van der Waals surface area contributed by atoms with Crippen molar-refractivity contribution in [3.8, 4) is 6.07 Å². The molecule has 0 N–H and O–H groups in total. The quantitative estimate of drug-likeness (QED) is 0.732. The zero-order valence-electron chi connectivity index (χ0n) is 6.29. The van der Waals surface area contributed by atoms with Gasteiger partial charge in [-0.25, -0.2) is 9.97 Å². The third-order valence-corrected chi connectivity index (χ3v) is 2.45. The zero-order valence-corrected chi connectivity index (χ0v) is 7.87. The first kappa shape index (κ1) is 7.69. The predicted molar refractivity (Wildman–Crippen MR) is 46.4 cm³/mol. The second-order valence-electron chi connectivity index (χ2n) is 2.81. The van der Waals surface area contributed by atoms with Gasteiger partial charge < -0.3 is 0 Å². The second-order valence-corrected chi connectivity index (χ2v) is 3.67. The number of hydrogen-bond acceptors (Lipinski definition) is 3. The van der Waals surface area contributed by atoms with Gasteiger partial charge in [0.05, 0.1) is 10.2 Å². The highest BCUT2D eigenvalue weighted by Crippen LogP contribution is 2.41. The Morgan fingerprint density at radius 3 is 2.92 bits per heavy atom. The van der Waals surface area contributed by atoms with E-state index in [2.05, 4.69) is 25.9 Å². The van der Waals surface area contributed by atoms with E-state index in [9.17, 15) is 0 Å². The van der Waals surface area contributed by atoms with Crippen LogP contribution in [0.1, 0.15) is 30.3 Å². The van der Waals surface area contributed by atoms with Gasteiger partial charge in [0, 0.05) is 12.1 Å². The standard InChI is InChI=1S/C8H6BrN3/c9-6-4-11-7(3-10)12-8(6)5-1-2-5/h4-5H,1-2H2. The highest BCUT2D eigenvalue weighted by molar-refractivity contribution is 9.10. The van der Waals surface area contributed by atoms with E-state index in [0.29, 0.717) is 5.92 Å². The molecule has 0 bridgehead atoms. The first-order valence-electron chi connectivity index (χ1n) is 3.74. The summed E-state index contributed by atoms with van der Waals surface area (Å²) in [6.07, 6.45) is 4.01. The normalized spacial score (nSPS) is 15.7. The molecule has 4 heteroatoms. The molecule has 2 rings (SSSR count). The van der Waals surface area contributed by atoms with E-state index in [1.165, 1.54) is 12.8 Å². The van der Waals surface area contributed by atoms with E-state index < -0.39 is 0 Å². The number of halogens is 1. The van der Waals surface area contributed by atoms with Crippen LogP contribution in [0.5, 0.6) is 0 Å². The van der Waals surface area contributed by atoms with Gasteiger partial charge in [-0.05, 0) is 28.8 Å². The fraction of sp³-hybridized carbons (Fsp3) is 0.375. The van der Waals surface area contributed by atoms with Gasteiger partial charge in [0.2, 0.25) is 5.82 Å². The summed E-state index contributed by atoms with van der Waals surface area (Å²) in [5.41, 5.74) is 0.988. The number of aromatic nitrogens is 2. The fourth-order valence-electron chi connectivity index (χ4n) is 1.08. The van der Waals surface area contributed by atoms with Gasteiger partial charge in [0.15, 0.2) is 0 Å². The van der Waals surface area contributed by atoms with Crippen LogP contribution in [0, 0.1) is 11.3 Å². The van der Waals surface area contributed by atoms with Crippen molar-refractivity contribution in [2.45, 2.75) is 18.8 Å². The van der Waals surface area contributed by atoms with E-state index >= 15 is 0 Å². The van der Waals surface area contributed by atoms with Crippen LogP contribution in [0.4, 0.5) is 0 Å². The minimum Gasteiger partial charge on any atom is -0.226 e.